The molecule has 3 rings (SSSR count). The Labute approximate surface area is 202 Å². The lowest BCUT2D eigenvalue weighted by atomic mass is 9.97. The highest BCUT2D eigenvalue weighted by Gasteiger charge is 2.30. The van der Waals surface area contributed by atoms with E-state index >= 15 is 0 Å². The summed E-state index contributed by atoms with van der Waals surface area (Å²) in [4.78, 5) is 41.8. The van der Waals surface area contributed by atoms with Gasteiger partial charge in [-0.15, -0.1) is 10.2 Å². The summed E-state index contributed by atoms with van der Waals surface area (Å²) in [6.07, 6.45) is 1.48. The van der Waals surface area contributed by atoms with E-state index in [9.17, 15) is 14.4 Å². The maximum absolute atomic E-state index is 12.9. The number of hydrogen-bond donors (Lipinski definition) is 2. The summed E-state index contributed by atoms with van der Waals surface area (Å²) in [6, 6.07) is 6.68. The van der Waals surface area contributed by atoms with Gasteiger partial charge in [-0.2, -0.15) is 0 Å². The van der Waals surface area contributed by atoms with Crippen LogP contribution in [0.25, 0.3) is 0 Å². The first-order valence-electron chi connectivity index (χ1n) is 11.1. The van der Waals surface area contributed by atoms with Gasteiger partial charge < -0.3 is 20.4 Å². The topological polar surface area (TPSA) is 108 Å². The van der Waals surface area contributed by atoms with Gasteiger partial charge in [0.1, 0.15) is 0 Å². The molecule has 33 heavy (non-hydrogen) atoms. The molecule has 0 unspecified atom stereocenters. The number of nitrogens with one attached hydrogen (secondary N) is 2. The van der Waals surface area contributed by atoms with E-state index in [1.165, 1.54) is 0 Å². The average Bonchev–Trinajstić information content (AvgIpc) is 3.33. The molecule has 1 aromatic carbocycles. The minimum atomic E-state index is -0.446. The van der Waals surface area contributed by atoms with Gasteiger partial charge in [0.25, 0.3) is 11.8 Å². The van der Waals surface area contributed by atoms with E-state index < -0.39 is 5.91 Å². The number of hydrogen-bond acceptors (Lipinski definition) is 7. The van der Waals surface area contributed by atoms with Crippen LogP contribution in [0.1, 0.15) is 46.3 Å². The van der Waals surface area contributed by atoms with E-state index in [2.05, 4.69) is 39.6 Å². The molecule has 0 aliphatic carbocycles. The lowest BCUT2D eigenvalue weighted by Crippen LogP contribution is -2.46. The molecule has 1 aliphatic rings. The van der Waals surface area contributed by atoms with Gasteiger partial charge in [0.2, 0.25) is 15.9 Å². The van der Waals surface area contributed by atoms with Crippen LogP contribution in [-0.4, -0.2) is 77.0 Å². The summed E-state index contributed by atoms with van der Waals surface area (Å²) < 4.78 is 0. The largest absolute Gasteiger partial charge is 0.355 e. The van der Waals surface area contributed by atoms with Crippen LogP contribution in [0, 0.1) is 5.92 Å². The molecular weight excluding hydrogens is 464 g/mol. The Hall–Kier alpha value is -2.56. The summed E-state index contributed by atoms with van der Waals surface area (Å²) in [5.74, 6) is -1.03. The number of anilines is 1. The second-order valence-corrected chi connectivity index (χ2v) is 9.20. The van der Waals surface area contributed by atoms with Gasteiger partial charge >= 0.3 is 0 Å². The summed E-state index contributed by atoms with van der Waals surface area (Å²) in [5, 5.41) is 14.3. The molecule has 0 spiro atoms. The van der Waals surface area contributed by atoms with Gasteiger partial charge in [-0.3, -0.25) is 14.4 Å². The first kappa shape index (κ1) is 25.1. The highest BCUT2D eigenvalue weighted by Crippen LogP contribution is 2.21. The average molecular weight is 493 g/mol. The highest BCUT2D eigenvalue weighted by atomic mass is 35.5. The second kappa shape index (κ2) is 12.1. The fourth-order valence-electron chi connectivity index (χ4n) is 3.65. The van der Waals surface area contributed by atoms with E-state index in [1.807, 2.05) is 0 Å². The quantitative estimate of drug-likeness (QED) is 0.557. The number of halogens is 1. The number of carbonyl (C=O) groups excluding carboxylic acids is 3. The molecule has 1 aromatic heterocycles. The van der Waals surface area contributed by atoms with E-state index in [-0.39, 0.29) is 27.7 Å². The van der Waals surface area contributed by atoms with Crippen LogP contribution in [0.15, 0.2) is 24.3 Å². The maximum atomic E-state index is 12.9. The zero-order valence-electron chi connectivity index (χ0n) is 18.8. The normalized spacial score (nSPS) is 16.0. The van der Waals surface area contributed by atoms with E-state index in [1.54, 1.807) is 29.2 Å². The molecule has 0 bridgehead atoms. The van der Waals surface area contributed by atoms with Crippen molar-refractivity contribution in [2.75, 3.05) is 44.6 Å². The summed E-state index contributed by atoms with van der Waals surface area (Å²) in [6.45, 7) is 8.36. The number of piperidine rings is 1. The van der Waals surface area contributed by atoms with Crippen molar-refractivity contribution in [1.29, 1.82) is 0 Å². The third kappa shape index (κ3) is 6.96. The lowest BCUT2D eigenvalue weighted by Gasteiger charge is -2.31. The Kier molecular flexibility index (Phi) is 9.16. The van der Waals surface area contributed by atoms with Crippen LogP contribution in [-0.2, 0) is 4.79 Å². The molecule has 2 heterocycles. The highest BCUT2D eigenvalue weighted by molar-refractivity contribution is 7.15. The van der Waals surface area contributed by atoms with Crippen molar-refractivity contribution in [1.82, 2.24) is 25.3 Å². The van der Waals surface area contributed by atoms with Gasteiger partial charge in [-0.1, -0.05) is 36.8 Å². The molecule has 3 amide bonds. The van der Waals surface area contributed by atoms with Crippen LogP contribution in [0.3, 0.4) is 0 Å². The van der Waals surface area contributed by atoms with Gasteiger partial charge in [-0.05, 0) is 50.2 Å². The first-order valence-corrected chi connectivity index (χ1v) is 12.3. The maximum Gasteiger partial charge on any atom is 0.286 e. The minimum Gasteiger partial charge on any atom is -0.355 e. The SMILES string of the molecule is CCN(CC)CCNC(=O)[C@H]1CCCN(C(=O)c2nnc(C(=O)Nc3ccc(Cl)cc3)s2)C1. The first-order chi connectivity index (χ1) is 15.9. The summed E-state index contributed by atoms with van der Waals surface area (Å²) in [7, 11) is 0. The molecular formula is C22H29ClN6O3S. The van der Waals surface area contributed by atoms with Gasteiger partial charge in [0.15, 0.2) is 0 Å². The Bertz CT molecular complexity index is 963. The van der Waals surface area contributed by atoms with Crippen molar-refractivity contribution < 1.29 is 14.4 Å². The number of likely N-dealkylation sites (tertiary alicyclic amines) is 1. The Morgan fingerprint density at radius 2 is 1.85 bits per heavy atom. The Morgan fingerprint density at radius 3 is 2.55 bits per heavy atom. The molecule has 178 valence electrons. The van der Waals surface area contributed by atoms with E-state index in [4.69, 9.17) is 11.6 Å². The van der Waals surface area contributed by atoms with Crippen LogP contribution in [0.4, 0.5) is 5.69 Å². The van der Waals surface area contributed by atoms with E-state index in [0.29, 0.717) is 30.3 Å². The van der Waals surface area contributed by atoms with Crippen molar-refractivity contribution in [2.45, 2.75) is 26.7 Å². The van der Waals surface area contributed by atoms with E-state index in [0.717, 1.165) is 43.8 Å². The van der Waals surface area contributed by atoms with Crippen LogP contribution < -0.4 is 10.6 Å². The third-order valence-electron chi connectivity index (χ3n) is 5.61. The predicted octanol–water partition coefficient (Wildman–Crippen LogP) is 2.75. The number of amides is 3. The smallest absolute Gasteiger partial charge is 0.286 e. The molecule has 11 heteroatoms. The standard InChI is InChI=1S/C22H29ClN6O3S/c1-3-28(4-2)13-11-24-18(30)15-6-5-12-29(14-15)22(32)21-27-26-20(33-21)19(31)25-17-9-7-16(23)8-10-17/h7-10,15H,3-6,11-14H2,1-2H3,(H,24,30)(H,25,31)/t15-/m0/s1. The van der Waals surface area contributed by atoms with Crippen molar-refractivity contribution in [3.05, 3.63) is 39.3 Å². The Morgan fingerprint density at radius 1 is 1.15 bits per heavy atom. The Balaban J connectivity index is 1.54. The lowest BCUT2D eigenvalue weighted by molar-refractivity contribution is -0.126. The molecule has 1 fully saturated rings. The molecule has 2 aromatic rings. The number of rotatable bonds is 9. The minimum absolute atomic E-state index is 0.0278. The molecule has 0 radical (unpaired) electrons. The van der Waals surface area contributed by atoms with Crippen molar-refractivity contribution in [2.24, 2.45) is 5.92 Å². The summed E-state index contributed by atoms with van der Waals surface area (Å²) in [5.41, 5.74) is 0.568. The number of aromatic nitrogens is 2. The van der Waals surface area contributed by atoms with Crippen molar-refractivity contribution in [3.63, 3.8) is 0 Å². The fourth-order valence-corrected chi connectivity index (χ4v) is 4.48. The van der Waals surface area contributed by atoms with Crippen molar-refractivity contribution in [3.8, 4) is 0 Å². The van der Waals surface area contributed by atoms with Gasteiger partial charge in [-0.25, -0.2) is 0 Å². The van der Waals surface area contributed by atoms with Crippen LogP contribution >= 0.6 is 22.9 Å². The zero-order valence-corrected chi connectivity index (χ0v) is 20.4. The molecule has 1 aliphatic heterocycles. The van der Waals surface area contributed by atoms with Crippen LogP contribution in [0.5, 0.6) is 0 Å². The molecule has 1 atom stereocenters. The van der Waals surface area contributed by atoms with Gasteiger partial charge in [0.05, 0.1) is 5.92 Å². The number of benzene rings is 1. The predicted molar refractivity (Wildman–Crippen MR) is 129 cm³/mol. The van der Waals surface area contributed by atoms with Gasteiger partial charge in [0, 0.05) is 36.9 Å². The second-order valence-electron chi connectivity index (χ2n) is 7.78. The molecule has 2 N–H and O–H groups in total. The molecule has 1 saturated heterocycles. The fraction of sp³-hybridized carbons (Fsp3) is 0.500. The third-order valence-corrected chi connectivity index (χ3v) is 6.77. The zero-order chi connectivity index (χ0) is 23.8. The van der Waals surface area contributed by atoms with Crippen molar-refractivity contribution >= 4 is 46.3 Å². The molecule has 0 saturated carbocycles. The monoisotopic (exact) mass is 492 g/mol. The van der Waals surface area contributed by atoms with Crippen LogP contribution in [0.2, 0.25) is 5.02 Å². The number of nitrogens with zero attached hydrogens (tertiary/aromatic N) is 4. The number of carbonyl (C=O) groups is 3. The summed E-state index contributed by atoms with van der Waals surface area (Å²) >= 11 is 6.79. The number of likely N-dealkylation sites (N-methyl/N-ethyl adjacent to an activating group) is 1. The molecule has 9 nitrogen and oxygen atoms in total.